The van der Waals surface area contributed by atoms with E-state index in [-0.39, 0.29) is 0 Å². The Balaban J connectivity index is 1.18. The van der Waals surface area contributed by atoms with Crippen molar-refractivity contribution >= 4 is 22.6 Å². The molecule has 2 aliphatic rings. The van der Waals surface area contributed by atoms with Gasteiger partial charge in [0, 0.05) is 17.1 Å². The lowest BCUT2D eigenvalue weighted by atomic mass is 9.90. The molecule has 5 rings (SSSR count). The molecule has 1 N–H and O–H groups in total. The first-order valence-corrected chi connectivity index (χ1v) is 11.4. The Kier molecular flexibility index (Phi) is 5.26. The quantitative estimate of drug-likeness (QED) is 0.620. The first-order valence-electron chi connectivity index (χ1n) is 11.0. The van der Waals surface area contributed by atoms with Crippen molar-refractivity contribution < 1.29 is 0 Å². The van der Waals surface area contributed by atoms with Gasteiger partial charge in [-0.2, -0.15) is 5.26 Å². The van der Waals surface area contributed by atoms with Gasteiger partial charge in [-0.25, -0.2) is 4.98 Å². The molecule has 1 aromatic heterocycles. The Morgan fingerprint density at radius 1 is 1.10 bits per heavy atom. The van der Waals surface area contributed by atoms with Crippen LogP contribution in [0.25, 0.3) is 11.0 Å². The fourth-order valence-corrected chi connectivity index (χ4v) is 5.64. The molecule has 0 amide bonds. The van der Waals surface area contributed by atoms with Crippen LogP contribution in [-0.4, -0.2) is 22.1 Å². The summed E-state index contributed by atoms with van der Waals surface area (Å²) in [5, 5.41) is 13.9. The van der Waals surface area contributed by atoms with Crippen LogP contribution < -0.4 is 5.32 Å². The van der Waals surface area contributed by atoms with E-state index in [1.807, 2.05) is 18.2 Å². The van der Waals surface area contributed by atoms with E-state index in [1.165, 1.54) is 43.2 Å². The van der Waals surface area contributed by atoms with E-state index in [9.17, 15) is 0 Å². The molecule has 1 heterocycles. The number of rotatable bonds is 4. The Morgan fingerprint density at radius 3 is 2.70 bits per heavy atom. The molecule has 1 saturated carbocycles. The van der Waals surface area contributed by atoms with E-state index >= 15 is 0 Å². The molecule has 1 atom stereocenters. The monoisotopic (exact) mass is 418 g/mol. The number of aryl methyl sites for hydroxylation is 1. The molecule has 0 bridgehead atoms. The molecule has 4 nitrogen and oxygen atoms in total. The summed E-state index contributed by atoms with van der Waals surface area (Å²) in [6.07, 6.45) is 7.05. The van der Waals surface area contributed by atoms with Gasteiger partial charge < -0.3 is 9.88 Å². The van der Waals surface area contributed by atoms with Crippen molar-refractivity contribution in [3.8, 4) is 6.07 Å². The highest BCUT2D eigenvalue weighted by molar-refractivity contribution is 6.30. The number of hydrogen-bond acceptors (Lipinski definition) is 3. The Labute approximate surface area is 182 Å². The minimum atomic E-state index is 0.499. The van der Waals surface area contributed by atoms with Crippen molar-refractivity contribution in [2.75, 3.05) is 6.54 Å². The number of imidazole rings is 1. The molecule has 2 aliphatic carbocycles. The van der Waals surface area contributed by atoms with Crippen molar-refractivity contribution in [1.29, 1.82) is 5.26 Å². The lowest BCUT2D eigenvalue weighted by Gasteiger charge is -2.31. The van der Waals surface area contributed by atoms with Crippen LogP contribution in [0.1, 0.15) is 54.2 Å². The fourth-order valence-electron chi connectivity index (χ4n) is 5.44. The van der Waals surface area contributed by atoms with Gasteiger partial charge in [-0.3, -0.25) is 0 Å². The minimum Gasteiger partial charge on any atom is -0.325 e. The predicted molar refractivity (Wildman–Crippen MR) is 121 cm³/mol. The number of nitriles is 1. The van der Waals surface area contributed by atoms with E-state index in [1.54, 1.807) is 0 Å². The third-order valence-corrected chi connectivity index (χ3v) is 7.17. The zero-order valence-electron chi connectivity index (χ0n) is 17.4. The minimum absolute atomic E-state index is 0.499. The summed E-state index contributed by atoms with van der Waals surface area (Å²) in [4.78, 5) is 4.72. The maximum atomic E-state index is 9.15. The van der Waals surface area contributed by atoms with Crippen molar-refractivity contribution in [1.82, 2.24) is 14.9 Å². The zero-order valence-corrected chi connectivity index (χ0v) is 18.1. The highest BCUT2D eigenvalue weighted by atomic mass is 35.5. The zero-order chi connectivity index (χ0) is 20.7. The highest BCUT2D eigenvalue weighted by Crippen LogP contribution is 2.34. The number of aromatic nitrogens is 2. The third-order valence-electron chi connectivity index (χ3n) is 6.94. The molecule has 5 heteroatoms. The molecule has 1 unspecified atom stereocenters. The van der Waals surface area contributed by atoms with Gasteiger partial charge in [0.25, 0.3) is 0 Å². The average molecular weight is 419 g/mol. The number of fused-ring (bicyclic) bond motifs is 2. The van der Waals surface area contributed by atoms with E-state index in [4.69, 9.17) is 21.8 Å². The van der Waals surface area contributed by atoms with Gasteiger partial charge in [-0.05, 0) is 99.4 Å². The average Bonchev–Trinajstić information content (AvgIpc) is 3.31. The number of hydrogen-bond donors (Lipinski definition) is 1. The Hall–Kier alpha value is -2.35. The Morgan fingerprint density at radius 2 is 1.90 bits per heavy atom. The van der Waals surface area contributed by atoms with E-state index in [0.29, 0.717) is 23.6 Å². The van der Waals surface area contributed by atoms with Crippen molar-refractivity contribution in [2.45, 2.75) is 57.5 Å². The maximum Gasteiger partial charge on any atom is 0.106 e. The van der Waals surface area contributed by atoms with Crippen LogP contribution in [0, 0.1) is 24.2 Å². The summed E-state index contributed by atoms with van der Waals surface area (Å²) in [6, 6.07) is 15.5. The van der Waals surface area contributed by atoms with Crippen LogP contribution in [0.2, 0.25) is 5.02 Å². The highest BCUT2D eigenvalue weighted by Gasteiger charge is 2.27. The summed E-state index contributed by atoms with van der Waals surface area (Å²) in [6.45, 7) is 3.17. The smallest absolute Gasteiger partial charge is 0.106 e. The molecule has 0 aliphatic heterocycles. The first-order chi connectivity index (χ1) is 14.6. The fraction of sp³-hybridized carbons (Fsp3) is 0.440. The predicted octanol–water partition coefficient (Wildman–Crippen LogP) is 5.36. The SMILES string of the molecule is Cc1nc2cc(C#N)ccc2n1C1CCC(NCC2Cc3ccc(Cl)cc3C2)CC1. The topological polar surface area (TPSA) is 53.6 Å². The van der Waals surface area contributed by atoms with Gasteiger partial charge in [0.2, 0.25) is 0 Å². The summed E-state index contributed by atoms with van der Waals surface area (Å²) >= 11 is 6.15. The standard InChI is InChI=1S/C25H27ClN4/c1-16-29-24-12-17(14-27)2-9-25(24)30(16)23-7-5-22(6-8-23)28-15-18-10-19-3-4-21(26)13-20(19)11-18/h2-4,9,12-13,18,22-23,28H,5-8,10-11,15H2,1H3. The molecule has 0 saturated heterocycles. The summed E-state index contributed by atoms with van der Waals surface area (Å²) in [5.74, 6) is 1.74. The first kappa shape index (κ1) is 19.6. The van der Waals surface area contributed by atoms with Gasteiger partial charge >= 0.3 is 0 Å². The normalized spacial score (nSPS) is 23.4. The van der Waals surface area contributed by atoms with Gasteiger partial charge in [0.1, 0.15) is 5.82 Å². The second-order valence-corrected chi connectivity index (χ2v) is 9.38. The number of benzene rings is 2. The van der Waals surface area contributed by atoms with Crippen molar-refractivity contribution in [2.24, 2.45) is 5.92 Å². The molecule has 1 fully saturated rings. The lowest BCUT2D eigenvalue weighted by Crippen LogP contribution is -2.37. The van der Waals surface area contributed by atoms with Crippen molar-refractivity contribution in [3.05, 3.63) is 63.9 Å². The van der Waals surface area contributed by atoms with Crippen LogP contribution in [0.4, 0.5) is 0 Å². The summed E-state index contributed by atoms with van der Waals surface area (Å²) in [5.41, 5.74) is 5.67. The second kappa shape index (κ2) is 8.06. The number of nitrogens with one attached hydrogen (secondary N) is 1. The molecule has 154 valence electrons. The van der Waals surface area contributed by atoms with Crippen LogP contribution in [0.15, 0.2) is 36.4 Å². The van der Waals surface area contributed by atoms with Crippen LogP contribution in [0.5, 0.6) is 0 Å². The lowest BCUT2D eigenvalue weighted by molar-refractivity contribution is 0.283. The molecule has 3 aromatic rings. The second-order valence-electron chi connectivity index (χ2n) is 8.95. The maximum absolute atomic E-state index is 9.15. The molecule has 0 radical (unpaired) electrons. The van der Waals surface area contributed by atoms with E-state index in [0.717, 1.165) is 34.8 Å². The van der Waals surface area contributed by atoms with Crippen LogP contribution >= 0.6 is 11.6 Å². The molecule has 0 spiro atoms. The van der Waals surface area contributed by atoms with E-state index < -0.39 is 0 Å². The van der Waals surface area contributed by atoms with Gasteiger partial charge in [-0.1, -0.05) is 17.7 Å². The van der Waals surface area contributed by atoms with Crippen LogP contribution in [0.3, 0.4) is 0 Å². The van der Waals surface area contributed by atoms with Crippen LogP contribution in [-0.2, 0) is 12.8 Å². The summed E-state index contributed by atoms with van der Waals surface area (Å²) < 4.78 is 2.39. The van der Waals surface area contributed by atoms with Gasteiger partial charge in [0.15, 0.2) is 0 Å². The van der Waals surface area contributed by atoms with Gasteiger partial charge in [0.05, 0.1) is 22.7 Å². The molecule has 30 heavy (non-hydrogen) atoms. The van der Waals surface area contributed by atoms with E-state index in [2.05, 4.69) is 41.1 Å². The Bertz CT molecular complexity index is 1120. The van der Waals surface area contributed by atoms with Crippen molar-refractivity contribution in [3.63, 3.8) is 0 Å². The third kappa shape index (κ3) is 3.73. The largest absolute Gasteiger partial charge is 0.325 e. The molecule has 2 aromatic carbocycles. The van der Waals surface area contributed by atoms with Gasteiger partial charge in [-0.15, -0.1) is 0 Å². The number of halogens is 1. The summed E-state index contributed by atoms with van der Waals surface area (Å²) in [7, 11) is 0. The molecular weight excluding hydrogens is 392 g/mol. The number of nitrogens with zero attached hydrogens (tertiary/aromatic N) is 3. The molecular formula is C25H27ClN4.